The van der Waals surface area contributed by atoms with Gasteiger partial charge in [-0.25, -0.2) is 0 Å². The van der Waals surface area contributed by atoms with E-state index in [4.69, 9.17) is 9.26 Å². The van der Waals surface area contributed by atoms with Crippen LogP contribution in [-0.4, -0.2) is 21.9 Å². The second-order valence-corrected chi connectivity index (χ2v) is 6.17. The van der Waals surface area contributed by atoms with Gasteiger partial charge in [0.05, 0.1) is 6.61 Å². The van der Waals surface area contributed by atoms with Crippen molar-refractivity contribution >= 4 is 0 Å². The second kappa shape index (κ2) is 6.00. The Morgan fingerprint density at radius 3 is 2.79 bits per heavy atom. The number of ether oxygens (including phenoxy) is 1. The van der Waals surface area contributed by atoms with Crippen LogP contribution < -0.4 is 4.74 Å². The zero-order valence-electron chi connectivity index (χ0n) is 13.4. The summed E-state index contributed by atoms with van der Waals surface area (Å²) >= 11 is 0. The summed E-state index contributed by atoms with van der Waals surface area (Å²) in [5, 5.41) is 14.2. The summed E-state index contributed by atoms with van der Waals surface area (Å²) in [5.41, 5.74) is 2.67. The zero-order valence-corrected chi connectivity index (χ0v) is 13.4. The Balaban J connectivity index is 1.57. The Labute approximate surface area is 139 Å². The molecule has 24 heavy (non-hydrogen) atoms. The van der Waals surface area contributed by atoms with Crippen LogP contribution in [0.4, 0.5) is 0 Å². The van der Waals surface area contributed by atoms with E-state index in [1.807, 2.05) is 37.3 Å². The Kier molecular flexibility index (Phi) is 3.69. The first kappa shape index (κ1) is 14.8. The Morgan fingerprint density at radius 2 is 2.04 bits per heavy atom. The lowest BCUT2D eigenvalue weighted by molar-refractivity contribution is 0.284. The average molecular weight is 322 g/mol. The van der Waals surface area contributed by atoms with E-state index in [0.717, 1.165) is 11.1 Å². The van der Waals surface area contributed by atoms with Crippen molar-refractivity contribution in [2.24, 2.45) is 5.92 Å². The molecule has 5 heteroatoms. The van der Waals surface area contributed by atoms with Gasteiger partial charge >= 0.3 is 0 Å². The normalized spacial score (nSPS) is 13.9. The summed E-state index contributed by atoms with van der Waals surface area (Å²) in [5.74, 6) is 2.13. The summed E-state index contributed by atoms with van der Waals surface area (Å²) in [6, 6.07) is 13.0. The van der Waals surface area contributed by atoms with Gasteiger partial charge < -0.3 is 14.4 Å². The third-order valence-electron chi connectivity index (χ3n) is 4.19. The highest BCUT2D eigenvalue weighted by Gasteiger charge is 2.22. The highest BCUT2D eigenvalue weighted by molar-refractivity contribution is 5.64. The molecule has 0 amide bonds. The summed E-state index contributed by atoms with van der Waals surface area (Å²) in [7, 11) is 0. The molecule has 0 saturated heterocycles. The van der Waals surface area contributed by atoms with Gasteiger partial charge in [-0.1, -0.05) is 23.4 Å². The molecule has 5 nitrogen and oxygen atoms in total. The Bertz CT molecular complexity index is 869. The SMILES string of the molecule is Cc1ccccc1-c1nc(-c2ccc(OCC3CC3)c(O)c2)no1. The van der Waals surface area contributed by atoms with Crippen LogP contribution in [-0.2, 0) is 0 Å². The molecular formula is C19H18N2O3. The number of aryl methyl sites for hydroxylation is 1. The van der Waals surface area contributed by atoms with E-state index in [1.54, 1.807) is 12.1 Å². The Hall–Kier alpha value is -2.82. The van der Waals surface area contributed by atoms with Gasteiger partial charge in [0, 0.05) is 11.1 Å². The van der Waals surface area contributed by atoms with Crippen LogP contribution in [0.3, 0.4) is 0 Å². The standard InChI is InChI=1S/C19H18N2O3/c1-12-4-2-3-5-15(12)19-20-18(21-24-19)14-8-9-17(16(22)10-14)23-11-13-6-7-13/h2-5,8-10,13,22H,6-7,11H2,1H3. The summed E-state index contributed by atoms with van der Waals surface area (Å²) in [6.07, 6.45) is 2.42. The zero-order chi connectivity index (χ0) is 16.5. The van der Waals surface area contributed by atoms with E-state index in [9.17, 15) is 5.11 Å². The molecule has 0 bridgehead atoms. The topological polar surface area (TPSA) is 68.4 Å². The van der Waals surface area contributed by atoms with Crippen molar-refractivity contribution in [1.82, 2.24) is 10.1 Å². The molecule has 1 aliphatic carbocycles. The van der Waals surface area contributed by atoms with Crippen LogP contribution in [0.5, 0.6) is 11.5 Å². The van der Waals surface area contributed by atoms with Crippen molar-refractivity contribution in [3.8, 4) is 34.3 Å². The van der Waals surface area contributed by atoms with Crippen LogP contribution in [0.25, 0.3) is 22.8 Å². The molecule has 0 aliphatic heterocycles. The van der Waals surface area contributed by atoms with E-state index < -0.39 is 0 Å². The van der Waals surface area contributed by atoms with Gasteiger partial charge in [0.25, 0.3) is 5.89 Å². The maximum Gasteiger partial charge on any atom is 0.258 e. The van der Waals surface area contributed by atoms with Gasteiger partial charge in [0.2, 0.25) is 5.82 Å². The van der Waals surface area contributed by atoms with Crippen LogP contribution in [0, 0.1) is 12.8 Å². The van der Waals surface area contributed by atoms with Gasteiger partial charge in [-0.15, -0.1) is 0 Å². The molecular weight excluding hydrogens is 304 g/mol. The molecule has 1 aliphatic rings. The summed E-state index contributed by atoms with van der Waals surface area (Å²) in [6.45, 7) is 2.66. The van der Waals surface area contributed by atoms with Crippen LogP contribution >= 0.6 is 0 Å². The first-order chi connectivity index (χ1) is 11.7. The molecule has 2 aromatic carbocycles. The van der Waals surface area contributed by atoms with E-state index in [-0.39, 0.29) is 5.75 Å². The molecule has 1 fully saturated rings. The highest BCUT2D eigenvalue weighted by atomic mass is 16.5. The fourth-order valence-electron chi connectivity index (χ4n) is 2.53. The molecule has 0 spiro atoms. The molecule has 1 N–H and O–H groups in total. The average Bonchev–Trinajstić information content (AvgIpc) is 3.29. The van der Waals surface area contributed by atoms with Crippen LogP contribution in [0.2, 0.25) is 0 Å². The molecule has 4 rings (SSSR count). The lowest BCUT2D eigenvalue weighted by atomic mass is 10.1. The first-order valence-corrected chi connectivity index (χ1v) is 8.06. The third-order valence-corrected chi connectivity index (χ3v) is 4.19. The predicted octanol–water partition coefficient (Wildman–Crippen LogP) is 4.21. The highest BCUT2D eigenvalue weighted by Crippen LogP contribution is 2.34. The third kappa shape index (κ3) is 2.97. The van der Waals surface area contributed by atoms with Crippen molar-refractivity contribution in [3.05, 3.63) is 48.0 Å². The van der Waals surface area contributed by atoms with Crippen molar-refractivity contribution in [2.45, 2.75) is 19.8 Å². The number of benzene rings is 2. The van der Waals surface area contributed by atoms with Gasteiger partial charge in [-0.2, -0.15) is 4.98 Å². The lowest BCUT2D eigenvalue weighted by Crippen LogP contribution is -1.99. The number of nitrogens with zero attached hydrogens (tertiary/aromatic N) is 2. The Morgan fingerprint density at radius 1 is 1.21 bits per heavy atom. The van der Waals surface area contributed by atoms with Crippen molar-refractivity contribution in [2.75, 3.05) is 6.61 Å². The lowest BCUT2D eigenvalue weighted by Gasteiger charge is -2.07. The number of aromatic nitrogens is 2. The number of hydrogen-bond donors (Lipinski definition) is 1. The number of phenols is 1. The first-order valence-electron chi connectivity index (χ1n) is 8.06. The van der Waals surface area contributed by atoms with E-state index >= 15 is 0 Å². The van der Waals surface area contributed by atoms with Gasteiger partial charge in [0.15, 0.2) is 11.5 Å². The largest absolute Gasteiger partial charge is 0.504 e. The van der Waals surface area contributed by atoms with Gasteiger partial charge in [0.1, 0.15) is 0 Å². The molecule has 1 aromatic heterocycles. The van der Waals surface area contributed by atoms with Gasteiger partial charge in [-0.3, -0.25) is 0 Å². The molecule has 1 heterocycles. The monoisotopic (exact) mass is 322 g/mol. The van der Waals surface area contributed by atoms with E-state index in [2.05, 4.69) is 10.1 Å². The molecule has 122 valence electrons. The van der Waals surface area contributed by atoms with E-state index in [0.29, 0.717) is 35.6 Å². The minimum atomic E-state index is 0.0930. The molecule has 0 atom stereocenters. The predicted molar refractivity (Wildman–Crippen MR) is 89.8 cm³/mol. The summed E-state index contributed by atoms with van der Waals surface area (Å²) in [4.78, 5) is 4.44. The minimum absolute atomic E-state index is 0.0930. The maximum atomic E-state index is 10.1. The quantitative estimate of drug-likeness (QED) is 0.762. The van der Waals surface area contributed by atoms with E-state index in [1.165, 1.54) is 12.8 Å². The molecule has 1 saturated carbocycles. The number of phenolic OH excluding ortho intramolecular Hbond substituents is 1. The smallest absolute Gasteiger partial charge is 0.258 e. The number of aromatic hydroxyl groups is 1. The maximum absolute atomic E-state index is 10.1. The van der Waals surface area contributed by atoms with Crippen LogP contribution in [0.1, 0.15) is 18.4 Å². The molecule has 0 radical (unpaired) electrons. The van der Waals surface area contributed by atoms with Crippen molar-refractivity contribution in [3.63, 3.8) is 0 Å². The van der Waals surface area contributed by atoms with Crippen molar-refractivity contribution < 1.29 is 14.4 Å². The van der Waals surface area contributed by atoms with Crippen LogP contribution in [0.15, 0.2) is 47.0 Å². The number of hydrogen-bond acceptors (Lipinski definition) is 5. The number of rotatable bonds is 5. The minimum Gasteiger partial charge on any atom is -0.504 e. The second-order valence-electron chi connectivity index (χ2n) is 6.17. The van der Waals surface area contributed by atoms with Gasteiger partial charge in [-0.05, 0) is 55.5 Å². The fraction of sp³-hybridized carbons (Fsp3) is 0.263. The molecule has 0 unspecified atom stereocenters. The van der Waals surface area contributed by atoms with Crippen molar-refractivity contribution in [1.29, 1.82) is 0 Å². The molecule has 3 aromatic rings. The fourth-order valence-corrected chi connectivity index (χ4v) is 2.53. The summed E-state index contributed by atoms with van der Waals surface area (Å²) < 4.78 is 11.0.